The highest BCUT2D eigenvalue weighted by molar-refractivity contribution is 4.70. The van der Waals surface area contributed by atoms with E-state index in [1.807, 2.05) is 0 Å². The van der Waals surface area contributed by atoms with E-state index in [0.29, 0.717) is 0 Å². The molecule has 1 aliphatic heterocycles. The molecule has 0 aliphatic carbocycles. The maximum absolute atomic E-state index is 12.9. The van der Waals surface area contributed by atoms with Gasteiger partial charge in [-0.15, -0.1) is 0 Å². The molecule has 0 amide bonds. The Bertz CT molecular complexity index is 256. The van der Waals surface area contributed by atoms with Gasteiger partial charge in [0.05, 0.1) is 12.7 Å². The smallest absolute Gasteiger partial charge is 0.327 e. The number of hydrogen-bond donors (Lipinski definition) is 0. The van der Waals surface area contributed by atoms with Gasteiger partial charge in [-0.1, -0.05) is 6.92 Å². The molecule has 1 rings (SSSR count). The molecule has 2 unspecified atom stereocenters. The minimum absolute atomic E-state index is 0.0206. The molecule has 0 aromatic heterocycles. The van der Waals surface area contributed by atoms with Gasteiger partial charge in [-0.3, -0.25) is 0 Å². The van der Waals surface area contributed by atoms with E-state index < -0.39 is 31.3 Å². The van der Waals surface area contributed by atoms with Crippen LogP contribution in [0.5, 0.6) is 0 Å². The van der Waals surface area contributed by atoms with Crippen molar-refractivity contribution < 1.29 is 36.2 Å². The molecule has 1 heterocycles. The fraction of sp³-hybridized carbons (Fsp3) is 1.00. The van der Waals surface area contributed by atoms with Crippen LogP contribution in [0.15, 0.2) is 0 Å². The SMILES string of the molecule is CCC(F)(F)CCC1COC(OCC(F)(F)F)O1. The molecule has 108 valence electrons. The number of hydrogen-bond acceptors (Lipinski definition) is 3. The van der Waals surface area contributed by atoms with Crippen LogP contribution < -0.4 is 0 Å². The summed E-state index contributed by atoms with van der Waals surface area (Å²) in [4.78, 5) is 0. The molecule has 1 saturated heterocycles. The monoisotopic (exact) mass is 278 g/mol. The lowest BCUT2D eigenvalue weighted by atomic mass is 10.1. The molecule has 0 radical (unpaired) electrons. The van der Waals surface area contributed by atoms with E-state index in [9.17, 15) is 22.0 Å². The average molecular weight is 278 g/mol. The first-order valence-electron chi connectivity index (χ1n) is 5.55. The molecule has 0 saturated carbocycles. The summed E-state index contributed by atoms with van der Waals surface area (Å²) in [5.74, 6) is -2.78. The Morgan fingerprint density at radius 3 is 2.44 bits per heavy atom. The summed E-state index contributed by atoms with van der Waals surface area (Å²) in [6.07, 6.45) is -5.77. The average Bonchev–Trinajstić information content (AvgIpc) is 2.71. The molecule has 1 fully saturated rings. The van der Waals surface area contributed by atoms with Gasteiger partial charge in [0.25, 0.3) is 6.48 Å². The van der Waals surface area contributed by atoms with Crippen molar-refractivity contribution in [2.75, 3.05) is 13.2 Å². The molecular formula is C10H15F5O3. The third-order valence-corrected chi connectivity index (χ3v) is 2.45. The summed E-state index contributed by atoms with van der Waals surface area (Å²) in [7, 11) is 0. The van der Waals surface area contributed by atoms with Gasteiger partial charge < -0.3 is 14.2 Å². The highest BCUT2D eigenvalue weighted by atomic mass is 19.4. The number of rotatable bonds is 6. The van der Waals surface area contributed by atoms with E-state index in [2.05, 4.69) is 4.74 Å². The Morgan fingerprint density at radius 1 is 1.22 bits per heavy atom. The van der Waals surface area contributed by atoms with Gasteiger partial charge in [0.1, 0.15) is 6.61 Å². The van der Waals surface area contributed by atoms with Crippen LogP contribution in [0, 0.1) is 0 Å². The predicted octanol–water partition coefficient (Wildman–Crippen LogP) is 3.09. The van der Waals surface area contributed by atoms with Crippen LogP contribution in [0.2, 0.25) is 0 Å². The molecule has 0 aromatic carbocycles. The Labute approximate surface area is 101 Å². The Balaban J connectivity index is 2.21. The first-order chi connectivity index (χ1) is 8.22. The molecule has 18 heavy (non-hydrogen) atoms. The second-order valence-electron chi connectivity index (χ2n) is 4.05. The Morgan fingerprint density at radius 2 is 1.89 bits per heavy atom. The van der Waals surface area contributed by atoms with E-state index in [0.717, 1.165) is 0 Å². The minimum atomic E-state index is -4.47. The van der Waals surface area contributed by atoms with Crippen LogP contribution in [0.4, 0.5) is 22.0 Å². The van der Waals surface area contributed by atoms with E-state index in [1.54, 1.807) is 0 Å². The van der Waals surface area contributed by atoms with Gasteiger partial charge in [0, 0.05) is 12.8 Å². The zero-order chi connectivity index (χ0) is 13.8. The fourth-order valence-electron chi connectivity index (χ4n) is 1.37. The zero-order valence-corrected chi connectivity index (χ0v) is 9.80. The van der Waals surface area contributed by atoms with Crippen LogP contribution in [0.25, 0.3) is 0 Å². The van der Waals surface area contributed by atoms with Crippen molar-refractivity contribution >= 4 is 0 Å². The third-order valence-electron chi connectivity index (χ3n) is 2.45. The largest absolute Gasteiger partial charge is 0.411 e. The molecule has 0 spiro atoms. The standard InChI is InChI=1S/C10H15F5O3/c1-2-9(11,12)4-3-7-5-16-8(18-7)17-6-10(13,14)15/h7-8H,2-6H2,1H3. The Hall–Kier alpha value is -0.470. The van der Waals surface area contributed by atoms with E-state index >= 15 is 0 Å². The lowest BCUT2D eigenvalue weighted by Crippen LogP contribution is -2.25. The number of halogens is 5. The van der Waals surface area contributed by atoms with Crippen LogP contribution in [0.3, 0.4) is 0 Å². The van der Waals surface area contributed by atoms with Crippen LogP contribution >= 0.6 is 0 Å². The highest BCUT2D eigenvalue weighted by Crippen LogP contribution is 2.28. The van der Waals surface area contributed by atoms with Gasteiger partial charge in [-0.25, -0.2) is 8.78 Å². The van der Waals surface area contributed by atoms with E-state index in [4.69, 9.17) is 9.47 Å². The maximum Gasteiger partial charge on any atom is 0.411 e. The van der Waals surface area contributed by atoms with Crippen molar-refractivity contribution in [2.45, 2.75) is 50.9 Å². The van der Waals surface area contributed by atoms with Gasteiger partial charge in [0.2, 0.25) is 5.92 Å². The van der Waals surface area contributed by atoms with Crippen LogP contribution in [-0.2, 0) is 14.2 Å². The molecule has 0 N–H and O–H groups in total. The van der Waals surface area contributed by atoms with Crippen molar-refractivity contribution in [3.63, 3.8) is 0 Å². The maximum atomic E-state index is 12.9. The summed E-state index contributed by atoms with van der Waals surface area (Å²) in [6, 6.07) is 0. The second kappa shape index (κ2) is 6.12. The first-order valence-corrected chi connectivity index (χ1v) is 5.55. The summed E-state index contributed by atoms with van der Waals surface area (Å²) in [6.45, 7) is -1.59. The lowest BCUT2D eigenvalue weighted by molar-refractivity contribution is -0.282. The Kier molecular flexibility index (Phi) is 5.30. The van der Waals surface area contributed by atoms with Crippen molar-refractivity contribution in [3.8, 4) is 0 Å². The predicted molar refractivity (Wildman–Crippen MR) is 51.1 cm³/mol. The molecule has 1 aliphatic rings. The third kappa shape index (κ3) is 5.92. The van der Waals surface area contributed by atoms with Gasteiger partial charge in [-0.2, -0.15) is 13.2 Å². The molecule has 2 atom stereocenters. The van der Waals surface area contributed by atoms with Crippen molar-refractivity contribution in [3.05, 3.63) is 0 Å². The van der Waals surface area contributed by atoms with Crippen molar-refractivity contribution in [2.24, 2.45) is 0 Å². The summed E-state index contributed by atoms with van der Waals surface area (Å²) >= 11 is 0. The first kappa shape index (κ1) is 15.6. The zero-order valence-electron chi connectivity index (χ0n) is 9.80. The van der Waals surface area contributed by atoms with Crippen molar-refractivity contribution in [1.82, 2.24) is 0 Å². The molecule has 8 heteroatoms. The topological polar surface area (TPSA) is 27.7 Å². The van der Waals surface area contributed by atoms with E-state index in [1.165, 1.54) is 6.92 Å². The molecular weight excluding hydrogens is 263 g/mol. The van der Waals surface area contributed by atoms with Crippen LogP contribution in [0.1, 0.15) is 26.2 Å². The minimum Gasteiger partial charge on any atom is -0.327 e. The fourth-order valence-corrected chi connectivity index (χ4v) is 1.37. The quantitative estimate of drug-likeness (QED) is 0.699. The van der Waals surface area contributed by atoms with Gasteiger partial charge in [0.15, 0.2) is 0 Å². The molecule has 3 nitrogen and oxygen atoms in total. The summed E-state index contributed by atoms with van der Waals surface area (Å²) in [5.41, 5.74) is 0. The number of ether oxygens (including phenoxy) is 3. The van der Waals surface area contributed by atoms with Crippen molar-refractivity contribution in [1.29, 1.82) is 0 Å². The van der Waals surface area contributed by atoms with Crippen LogP contribution in [-0.4, -0.2) is 37.9 Å². The highest BCUT2D eigenvalue weighted by Gasteiger charge is 2.35. The molecule has 0 bridgehead atoms. The van der Waals surface area contributed by atoms with E-state index in [-0.39, 0.29) is 25.9 Å². The summed E-state index contributed by atoms with van der Waals surface area (Å²) in [5, 5.41) is 0. The van der Waals surface area contributed by atoms with Gasteiger partial charge >= 0.3 is 6.18 Å². The number of alkyl halides is 5. The normalized spacial score (nSPS) is 25.7. The lowest BCUT2D eigenvalue weighted by Gasteiger charge is -2.16. The second-order valence-corrected chi connectivity index (χ2v) is 4.05. The van der Waals surface area contributed by atoms with Gasteiger partial charge in [-0.05, 0) is 6.42 Å². The summed E-state index contributed by atoms with van der Waals surface area (Å²) < 4.78 is 75.3. The molecule has 0 aromatic rings.